The van der Waals surface area contributed by atoms with Crippen LogP contribution in [0.3, 0.4) is 0 Å². The number of furan rings is 1. The van der Waals surface area contributed by atoms with Crippen LogP contribution in [0, 0.1) is 5.92 Å². The molecular weight excluding hydrogens is 350 g/mol. The lowest BCUT2D eigenvalue weighted by molar-refractivity contribution is -0.119. The molecule has 0 saturated heterocycles. The molecule has 1 aliphatic rings. The maximum atomic E-state index is 11.0. The van der Waals surface area contributed by atoms with Crippen LogP contribution < -0.4 is 16.4 Å². The fraction of sp³-hybridized carbons (Fsp3) is 0.500. The summed E-state index contributed by atoms with van der Waals surface area (Å²) in [6, 6.07) is 3.66. The number of hydrogen-bond acceptors (Lipinski definition) is 5. The molecule has 0 aromatic carbocycles. The summed E-state index contributed by atoms with van der Waals surface area (Å²) in [4.78, 5) is 19.7. The minimum absolute atomic E-state index is 0.0934. The van der Waals surface area contributed by atoms with Gasteiger partial charge in [-0.15, -0.1) is 11.3 Å². The summed E-state index contributed by atoms with van der Waals surface area (Å²) < 4.78 is 5.69. The number of nitrogens with zero attached hydrogens (tertiary/aromatic N) is 2. The zero-order valence-electron chi connectivity index (χ0n) is 15.0. The van der Waals surface area contributed by atoms with Crippen LogP contribution in [0.5, 0.6) is 0 Å². The van der Waals surface area contributed by atoms with Gasteiger partial charge in [-0.25, -0.2) is 4.98 Å². The normalized spacial score (nSPS) is 15.3. The number of guanidine groups is 1. The van der Waals surface area contributed by atoms with Crippen molar-refractivity contribution in [2.75, 3.05) is 6.54 Å². The van der Waals surface area contributed by atoms with Gasteiger partial charge in [0.05, 0.1) is 6.54 Å². The highest BCUT2D eigenvalue weighted by Gasteiger charge is 2.14. The van der Waals surface area contributed by atoms with E-state index in [1.54, 1.807) is 0 Å². The second kappa shape index (κ2) is 8.84. The number of carbonyl (C=O) groups excluding carboxylic acids is 1. The van der Waals surface area contributed by atoms with Crippen molar-refractivity contribution in [2.24, 2.45) is 16.6 Å². The largest absolute Gasteiger partial charge is 0.458 e. The molecular formula is C18H25N5O2S. The molecule has 2 aromatic heterocycles. The van der Waals surface area contributed by atoms with E-state index in [0.29, 0.717) is 34.9 Å². The Morgan fingerprint density at radius 2 is 2.19 bits per heavy atom. The monoisotopic (exact) mass is 375 g/mol. The van der Waals surface area contributed by atoms with E-state index in [0.717, 1.165) is 18.9 Å². The molecule has 2 heterocycles. The van der Waals surface area contributed by atoms with Crippen molar-refractivity contribution in [3.05, 3.63) is 23.3 Å². The second-order valence-electron chi connectivity index (χ2n) is 6.55. The number of aromatic nitrogens is 1. The van der Waals surface area contributed by atoms with Crippen LogP contribution in [0.15, 0.2) is 26.9 Å². The summed E-state index contributed by atoms with van der Waals surface area (Å²) in [5, 5.41) is 8.34. The number of carbonyl (C=O) groups is 1. The standard InChI is InChI=1S/C18H25N5O2S/c1-12(24)21-10-14-6-7-16(25-14)15-11-26-18(22-15)23-17(19)20-9-8-13-4-2-3-5-13/h6-7,11,13H,2-5,8-10H2,1H3,(H,21,24)(H3,19,20,22,23). The topological polar surface area (TPSA) is 106 Å². The van der Waals surface area contributed by atoms with Crippen molar-refractivity contribution in [3.63, 3.8) is 0 Å². The van der Waals surface area contributed by atoms with Crippen molar-refractivity contribution < 1.29 is 9.21 Å². The molecule has 8 heteroatoms. The van der Waals surface area contributed by atoms with Gasteiger partial charge in [0.2, 0.25) is 11.0 Å². The Morgan fingerprint density at radius 3 is 2.96 bits per heavy atom. The zero-order valence-corrected chi connectivity index (χ0v) is 15.8. The van der Waals surface area contributed by atoms with E-state index in [-0.39, 0.29) is 5.91 Å². The van der Waals surface area contributed by atoms with Crippen LogP contribution in [0.4, 0.5) is 5.13 Å². The van der Waals surface area contributed by atoms with E-state index in [2.05, 4.69) is 20.6 Å². The van der Waals surface area contributed by atoms with Crippen LogP contribution in [0.2, 0.25) is 0 Å². The van der Waals surface area contributed by atoms with Crippen molar-refractivity contribution >= 4 is 28.3 Å². The van der Waals surface area contributed by atoms with E-state index in [4.69, 9.17) is 10.2 Å². The average molecular weight is 375 g/mol. The molecule has 1 fully saturated rings. The minimum Gasteiger partial charge on any atom is -0.458 e. The van der Waals surface area contributed by atoms with Gasteiger partial charge < -0.3 is 20.8 Å². The molecule has 1 amide bonds. The highest BCUT2D eigenvalue weighted by atomic mass is 32.1. The van der Waals surface area contributed by atoms with E-state index in [1.807, 2.05) is 17.5 Å². The van der Waals surface area contributed by atoms with E-state index >= 15 is 0 Å². The van der Waals surface area contributed by atoms with Crippen molar-refractivity contribution in [2.45, 2.75) is 45.6 Å². The third kappa shape index (κ3) is 5.32. The molecule has 7 nitrogen and oxygen atoms in total. The fourth-order valence-corrected chi connectivity index (χ4v) is 3.78. The van der Waals surface area contributed by atoms with Gasteiger partial charge in [-0.3, -0.25) is 4.79 Å². The number of amides is 1. The molecule has 0 radical (unpaired) electrons. The van der Waals surface area contributed by atoms with Crippen LogP contribution in [-0.4, -0.2) is 23.4 Å². The molecule has 0 aliphatic heterocycles. The number of rotatable bonds is 7. The molecule has 140 valence electrons. The molecule has 0 atom stereocenters. The van der Waals surface area contributed by atoms with Gasteiger partial charge in [-0.2, -0.15) is 4.99 Å². The highest BCUT2D eigenvalue weighted by molar-refractivity contribution is 7.13. The summed E-state index contributed by atoms with van der Waals surface area (Å²) in [6.45, 7) is 2.69. The van der Waals surface area contributed by atoms with Gasteiger partial charge >= 0.3 is 0 Å². The maximum absolute atomic E-state index is 11.0. The summed E-state index contributed by atoms with van der Waals surface area (Å²) in [6.07, 6.45) is 6.52. The Hall–Kier alpha value is -2.35. The first-order valence-electron chi connectivity index (χ1n) is 8.97. The summed E-state index contributed by atoms with van der Waals surface area (Å²) >= 11 is 1.41. The number of nitrogens with one attached hydrogen (secondary N) is 2. The Bertz CT molecular complexity index is 761. The van der Waals surface area contributed by atoms with E-state index < -0.39 is 0 Å². The second-order valence-corrected chi connectivity index (χ2v) is 7.39. The molecule has 0 spiro atoms. The highest BCUT2D eigenvalue weighted by Crippen LogP contribution is 2.28. The van der Waals surface area contributed by atoms with Crippen molar-refractivity contribution in [1.29, 1.82) is 0 Å². The van der Waals surface area contributed by atoms with Gasteiger partial charge in [0.15, 0.2) is 11.7 Å². The first-order chi connectivity index (χ1) is 12.6. The van der Waals surface area contributed by atoms with Gasteiger partial charge in [0.25, 0.3) is 0 Å². The van der Waals surface area contributed by atoms with E-state index in [9.17, 15) is 4.79 Å². The first kappa shape index (κ1) is 18.4. The smallest absolute Gasteiger partial charge is 0.217 e. The molecule has 1 aliphatic carbocycles. The number of nitrogens with two attached hydrogens (primary N) is 1. The van der Waals surface area contributed by atoms with Crippen LogP contribution in [-0.2, 0) is 11.3 Å². The first-order valence-corrected chi connectivity index (χ1v) is 9.85. The SMILES string of the molecule is CC(=O)NCc1ccc(-c2csc(/N=C(\N)NCCC3CCCC3)n2)o1. The van der Waals surface area contributed by atoms with Crippen LogP contribution in [0.25, 0.3) is 11.5 Å². The van der Waals surface area contributed by atoms with E-state index in [1.165, 1.54) is 43.9 Å². The molecule has 1 saturated carbocycles. The molecule has 0 unspecified atom stereocenters. The Morgan fingerprint density at radius 1 is 1.38 bits per heavy atom. The maximum Gasteiger partial charge on any atom is 0.217 e. The molecule has 26 heavy (non-hydrogen) atoms. The lowest BCUT2D eigenvalue weighted by atomic mass is 10.0. The van der Waals surface area contributed by atoms with Gasteiger partial charge in [0, 0.05) is 18.8 Å². The Balaban J connectivity index is 1.52. The summed E-state index contributed by atoms with van der Waals surface area (Å²) in [5.41, 5.74) is 6.66. The Labute approximate surface area is 157 Å². The quantitative estimate of drug-likeness (QED) is 0.509. The van der Waals surface area contributed by atoms with Crippen molar-refractivity contribution in [1.82, 2.24) is 15.6 Å². The van der Waals surface area contributed by atoms with Crippen LogP contribution in [0.1, 0.15) is 44.8 Å². The molecule has 4 N–H and O–H groups in total. The third-order valence-corrected chi connectivity index (χ3v) is 5.20. The third-order valence-electron chi connectivity index (χ3n) is 4.47. The van der Waals surface area contributed by atoms with Crippen molar-refractivity contribution in [3.8, 4) is 11.5 Å². The average Bonchev–Trinajstić information content (AvgIpc) is 3.34. The van der Waals surface area contributed by atoms with Gasteiger partial charge in [0.1, 0.15) is 11.5 Å². The number of thiazole rings is 1. The molecule has 0 bridgehead atoms. The summed E-state index contributed by atoms with van der Waals surface area (Å²) in [7, 11) is 0. The lowest BCUT2D eigenvalue weighted by Gasteiger charge is -2.09. The minimum atomic E-state index is -0.0934. The Kier molecular flexibility index (Phi) is 6.27. The fourth-order valence-electron chi connectivity index (χ4n) is 3.10. The number of aliphatic imine (C=N–C) groups is 1. The number of hydrogen-bond donors (Lipinski definition) is 3. The zero-order chi connectivity index (χ0) is 18.4. The van der Waals surface area contributed by atoms with Crippen LogP contribution >= 0.6 is 11.3 Å². The lowest BCUT2D eigenvalue weighted by Crippen LogP contribution is -2.32. The van der Waals surface area contributed by atoms with Gasteiger partial charge in [-0.05, 0) is 24.5 Å². The molecule has 2 aromatic rings. The predicted octanol–water partition coefficient (Wildman–Crippen LogP) is 3.16. The summed E-state index contributed by atoms with van der Waals surface area (Å²) in [5.74, 6) is 2.46. The predicted molar refractivity (Wildman–Crippen MR) is 103 cm³/mol. The molecule has 3 rings (SSSR count). The van der Waals surface area contributed by atoms with Gasteiger partial charge in [-0.1, -0.05) is 25.7 Å².